The van der Waals surface area contributed by atoms with Gasteiger partial charge in [-0.1, -0.05) is 43.7 Å². The molecule has 0 saturated carbocycles. The van der Waals surface area contributed by atoms with Crippen molar-refractivity contribution < 1.29 is 13.2 Å². The second kappa shape index (κ2) is 5.92. The fourth-order valence-electron chi connectivity index (χ4n) is 1.89. The van der Waals surface area contributed by atoms with Crippen molar-refractivity contribution in [2.24, 2.45) is 0 Å². The van der Waals surface area contributed by atoms with Gasteiger partial charge in [0.25, 0.3) is 0 Å². The number of hydrogen-bond acceptors (Lipinski definition) is 0. The minimum Gasteiger partial charge on any atom is -0.171 e. The summed E-state index contributed by atoms with van der Waals surface area (Å²) < 4.78 is 36.5. The molecule has 1 aromatic carbocycles. The van der Waals surface area contributed by atoms with Gasteiger partial charge >= 0.3 is 6.18 Å². The van der Waals surface area contributed by atoms with Crippen LogP contribution in [0, 0.1) is 0 Å². The highest BCUT2D eigenvalue weighted by Crippen LogP contribution is 2.31. The number of benzene rings is 1. The van der Waals surface area contributed by atoms with Crippen LogP contribution in [0.15, 0.2) is 30.3 Å². The largest absolute Gasteiger partial charge is 0.389 e. The van der Waals surface area contributed by atoms with E-state index in [0.717, 1.165) is 18.4 Å². The molecule has 0 aliphatic heterocycles. The number of rotatable bonds is 5. The summed E-state index contributed by atoms with van der Waals surface area (Å²) in [7, 11) is 0. The Morgan fingerprint density at radius 1 is 1.06 bits per heavy atom. The van der Waals surface area contributed by atoms with Crippen molar-refractivity contribution in [1.82, 2.24) is 0 Å². The zero-order valence-electron chi connectivity index (χ0n) is 9.43. The lowest BCUT2D eigenvalue weighted by atomic mass is 9.90. The average molecular weight is 230 g/mol. The maximum atomic E-state index is 12.2. The summed E-state index contributed by atoms with van der Waals surface area (Å²) in [6, 6.07) is 9.47. The minimum absolute atomic E-state index is 0.0350. The highest BCUT2D eigenvalue weighted by Gasteiger charge is 2.28. The van der Waals surface area contributed by atoms with Crippen LogP contribution in [-0.2, 0) is 0 Å². The lowest BCUT2D eigenvalue weighted by Crippen LogP contribution is -2.10. The summed E-state index contributed by atoms with van der Waals surface area (Å²) in [5.41, 5.74) is 1.02. The zero-order chi connectivity index (χ0) is 12.0. The lowest BCUT2D eigenvalue weighted by molar-refractivity contribution is -0.136. The van der Waals surface area contributed by atoms with Gasteiger partial charge < -0.3 is 0 Å². The van der Waals surface area contributed by atoms with E-state index in [0.29, 0.717) is 0 Å². The molecular weight excluding hydrogens is 213 g/mol. The minimum atomic E-state index is -4.04. The van der Waals surface area contributed by atoms with Crippen molar-refractivity contribution in [2.45, 2.75) is 44.7 Å². The van der Waals surface area contributed by atoms with E-state index in [1.165, 1.54) is 0 Å². The molecule has 0 nitrogen and oxygen atoms in total. The zero-order valence-corrected chi connectivity index (χ0v) is 9.43. The summed E-state index contributed by atoms with van der Waals surface area (Å²) >= 11 is 0. The first-order chi connectivity index (χ1) is 7.53. The molecule has 0 heterocycles. The maximum absolute atomic E-state index is 12.2. The van der Waals surface area contributed by atoms with Crippen LogP contribution in [0.2, 0.25) is 0 Å². The van der Waals surface area contributed by atoms with E-state index in [1.54, 1.807) is 0 Å². The number of halogens is 3. The Hall–Kier alpha value is -0.990. The van der Waals surface area contributed by atoms with Gasteiger partial charge in [-0.2, -0.15) is 13.2 Å². The van der Waals surface area contributed by atoms with Crippen molar-refractivity contribution in [2.75, 3.05) is 0 Å². The third kappa shape index (κ3) is 4.69. The molecule has 3 heteroatoms. The fourth-order valence-corrected chi connectivity index (χ4v) is 1.89. The molecule has 0 aliphatic rings. The Balaban J connectivity index is 2.61. The van der Waals surface area contributed by atoms with E-state index in [1.807, 2.05) is 37.3 Å². The molecule has 0 fully saturated rings. The molecule has 1 atom stereocenters. The molecule has 0 aliphatic carbocycles. The van der Waals surface area contributed by atoms with Crippen LogP contribution in [0.3, 0.4) is 0 Å². The Labute approximate surface area is 94.5 Å². The van der Waals surface area contributed by atoms with Gasteiger partial charge in [0.2, 0.25) is 0 Å². The van der Waals surface area contributed by atoms with E-state index in [9.17, 15) is 13.2 Å². The quantitative estimate of drug-likeness (QED) is 0.674. The first kappa shape index (κ1) is 13.1. The summed E-state index contributed by atoms with van der Waals surface area (Å²) in [4.78, 5) is 0. The van der Waals surface area contributed by atoms with E-state index in [-0.39, 0.29) is 12.3 Å². The van der Waals surface area contributed by atoms with Crippen molar-refractivity contribution in [3.05, 3.63) is 35.9 Å². The normalized spacial score (nSPS) is 13.8. The Morgan fingerprint density at radius 3 is 2.19 bits per heavy atom. The Morgan fingerprint density at radius 2 is 1.69 bits per heavy atom. The molecule has 0 bridgehead atoms. The van der Waals surface area contributed by atoms with E-state index in [2.05, 4.69) is 0 Å². The third-order valence-electron chi connectivity index (χ3n) is 2.68. The summed E-state index contributed by atoms with van der Waals surface area (Å²) in [6.45, 7) is 2.00. The second-order valence-corrected chi connectivity index (χ2v) is 4.05. The predicted molar refractivity (Wildman–Crippen MR) is 59.4 cm³/mol. The summed E-state index contributed by atoms with van der Waals surface area (Å²) in [5.74, 6) is 0.0350. The SMILES string of the molecule is CCCC(CCC(F)(F)F)c1ccccc1. The van der Waals surface area contributed by atoms with E-state index in [4.69, 9.17) is 0 Å². The van der Waals surface area contributed by atoms with Gasteiger partial charge in [-0.25, -0.2) is 0 Å². The standard InChI is InChI=1S/C13H17F3/c1-2-6-11(9-10-13(14,15)16)12-7-4-3-5-8-12/h3-5,7-8,11H,2,6,9-10H2,1H3. The molecule has 90 valence electrons. The van der Waals surface area contributed by atoms with Crippen LogP contribution in [0.5, 0.6) is 0 Å². The number of hydrogen-bond donors (Lipinski definition) is 0. The fraction of sp³-hybridized carbons (Fsp3) is 0.538. The molecule has 0 spiro atoms. The lowest BCUT2D eigenvalue weighted by Gasteiger charge is -2.17. The van der Waals surface area contributed by atoms with Gasteiger partial charge in [0.05, 0.1) is 0 Å². The van der Waals surface area contributed by atoms with Crippen molar-refractivity contribution in [1.29, 1.82) is 0 Å². The molecule has 0 aromatic heterocycles. The van der Waals surface area contributed by atoms with Gasteiger partial charge in [-0.3, -0.25) is 0 Å². The van der Waals surface area contributed by atoms with Crippen LogP contribution >= 0.6 is 0 Å². The Bertz CT molecular complexity index is 290. The highest BCUT2D eigenvalue weighted by molar-refractivity contribution is 5.19. The maximum Gasteiger partial charge on any atom is 0.389 e. The molecule has 0 amide bonds. The van der Waals surface area contributed by atoms with Crippen LogP contribution in [-0.4, -0.2) is 6.18 Å². The average Bonchev–Trinajstić information content (AvgIpc) is 2.24. The predicted octanol–water partition coefficient (Wildman–Crippen LogP) is 4.91. The molecule has 1 aromatic rings. The molecule has 0 N–H and O–H groups in total. The first-order valence-corrected chi connectivity index (χ1v) is 5.64. The Kier molecular flexibility index (Phi) is 4.84. The molecule has 1 unspecified atom stereocenters. The van der Waals surface area contributed by atoms with Crippen LogP contribution in [0.25, 0.3) is 0 Å². The summed E-state index contributed by atoms with van der Waals surface area (Å²) in [5, 5.41) is 0. The highest BCUT2D eigenvalue weighted by atomic mass is 19.4. The van der Waals surface area contributed by atoms with Crippen LogP contribution in [0.4, 0.5) is 13.2 Å². The topological polar surface area (TPSA) is 0 Å². The van der Waals surface area contributed by atoms with Gasteiger partial charge in [-0.15, -0.1) is 0 Å². The molecule has 0 radical (unpaired) electrons. The second-order valence-electron chi connectivity index (χ2n) is 4.05. The first-order valence-electron chi connectivity index (χ1n) is 5.64. The van der Waals surface area contributed by atoms with Crippen molar-refractivity contribution >= 4 is 0 Å². The third-order valence-corrected chi connectivity index (χ3v) is 2.68. The van der Waals surface area contributed by atoms with Crippen LogP contribution in [0.1, 0.15) is 44.1 Å². The van der Waals surface area contributed by atoms with E-state index >= 15 is 0 Å². The van der Waals surface area contributed by atoms with Gasteiger partial charge in [0.1, 0.15) is 0 Å². The number of alkyl halides is 3. The van der Waals surface area contributed by atoms with Gasteiger partial charge in [0.15, 0.2) is 0 Å². The molecular formula is C13H17F3. The van der Waals surface area contributed by atoms with Gasteiger partial charge in [0, 0.05) is 6.42 Å². The summed E-state index contributed by atoms with van der Waals surface area (Å²) in [6.07, 6.45) is -2.80. The van der Waals surface area contributed by atoms with Crippen LogP contribution < -0.4 is 0 Å². The smallest absolute Gasteiger partial charge is 0.171 e. The molecule has 1 rings (SSSR count). The van der Waals surface area contributed by atoms with E-state index < -0.39 is 12.6 Å². The monoisotopic (exact) mass is 230 g/mol. The molecule has 16 heavy (non-hydrogen) atoms. The molecule has 0 saturated heterocycles. The van der Waals surface area contributed by atoms with Crippen molar-refractivity contribution in [3.63, 3.8) is 0 Å². The van der Waals surface area contributed by atoms with Gasteiger partial charge in [-0.05, 0) is 24.3 Å². The van der Waals surface area contributed by atoms with Crippen molar-refractivity contribution in [3.8, 4) is 0 Å².